The van der Waals surface area contributed by atoms with Gasteiger partial charge >= 0.3 is 0 Å². The highest BCUT2D eigenvalue weighted by atomic mass is 32.1. The molecule has 1 saturated heterocycles. The number of piperazine rings is 1. The number of likely N-dealkylation sites (N-methyl/N-ethyl adjacent to an activating group) is 1. The first-order valence-electron chi connectivity index (χ1n) is 8.85. The summed E-state index contributed by atoms with van der Waals surface area (Å²) < 4.78 is 3.19. The Morgan fingerprint density at radius 1 is 1.04 bits per heavy atom. The molecule has 27 heavy (non-hydrogen) atoms. The normalized spacial score (nSPS) is 15.9. The summed E-state index contributed by atoms with van der Waals surface area (Å²) in [4.78, 5) is 22.5. The van der Waals surface area contributed by atoms with Crippen LogP contribution in [0.2, 0.25) is 0 Å². The van der Waals surface area contributed by atoms with Crippen molar-refractivity contribution in [1.82, 2.24) is 29.3 Å². The molecule has 138 valence electrons. The summed E-state index contributed by atoms with van der Waals surface area (Å²) in [6.45, 7) is 3.81. The lowest BCUT2D eigenvalue weighted by atomic mass is 10.1. The van der Waals surface area contributed by atoms with E-state index in [4.69, 9.17) is 4.98 Å². The molecule has 0 bridgehead atoms. The molecule has 0 saturated carbocycles. The van der Waals surface area contributed by atoms with Crippen LogP contribution in [0.3, 0.4) is 0 Å². The smallest absolute Gasteiger partial charge is 0.275 e. The molecule has 1 aliphatic heterocycles. The third kappa shape index (κ3) is 2.88. The highest BCUT2D eigenvalue weighted by molar-refractivity contribution is 7.20. The van der Waals surface area contributed by atoms with E-state index in [-0.39, 0.29) is 5.56 Å². The van der Waals surface area contributed by atoms with Crippen LogP contribution in [0.5, 0.6) is 0 Å². The lowest BCUT2D eigenvalue weighted by molar-refractivity contribution is 0.312. The number of hydrogen-bond donors (Lipinski definition) is 0. The van der Waals surface area contributed by atoms with Gasteiger partial charge in [0.15, 0.2) is 0 Å². The van der Waals surface area contributed by atoms with Gasteiger partial charge in [-0.25, -0.2) is 4.98 Å². The SMILES string of the molecule is CN1CCN(c2nn3c(=O)cc(-c4ccc5nn(C)cc5c4)nc3s2)CC1. The molecule has 4 heterocycles. The van der Waals surface area contributed by atoms with Crippen molar-refractivity contribution in [2.24, 2.45) is 7.05 Å². The van der Waals surface area contributed by atoms with Gasteiger partial charge in [0.05, 0.1) is 11.2 Å². The van der Waals surface area contributed by atoms with Crippen molar-refractivity contribution in [2.75, 3.05) is 38.1 Å². The monoisotopic (exact) mass is 381 g/mol. The number of anilines is 1. The topological polar surface area (TPSA) is 71.6 Å². The van der Waals surface area contributed by atoms with Crippen LogP contribution in [0.15, 0.2) is 35.3 Å². The summed E-state index contributed by atoms with van der Waals surface area (Å²) in [7, 11) is 4.01. The third-order valence-electron chi connectivity index (χ3n) is 4.92. The van der Waals surface area contributed by atoms with Gasteiger partial charge in [-0.1, -0.05) is 17.4 Å². The lowest BCUT2D eigenvalue weighted by Gasteiger charge is -2.31. The molecule has 9 heteroatoms. The van der Waals surface area contributed by atoms with Gasteiger partial charge in [0, 0.05) is 56.4 Å². The molecule has 8 nitrogen and oxygen atoms in total. The zero-order valence-electron chi connectivity index (χ0n) is 15.2. The van der Waals surface area contributed by atoms with Crippen molar-refractivity contribution in [1.29, 1.82) is 0 Å². The van der Waals surface area contributed by atoms with Crippen LogP contribution < -0.4 is 10.5 Å². The molecular weight excluding hydrogens is 362 g/mol. The summed E-state index contributed by atoms with van der Waals surface area (Å²) in [6.07, 6.45) is 1.96. The van der Waals surface area contributed by atoms with Crippen molar-refractivity contribution in [3.05, 3.63) is 40.8 Å². The van der Waals surface area contributed by atoms with Gasteiger partial charge in [0.1, 0.15) is 0 Å². The van der Waals surface area contributed by atoms with Crippen LogP contribution in [-0.4, -0.2) is 62.5 Å². The molecule has 3 aromatic heterocycles. The van der Waals surface area contributed by atoms with E-state index in [0.29, 0.717) is 10.7 Å². The van der Waals surface area contributed by atoms with Crippen LogP contribution in [0.4, 0.5) is 5.13 Å². The number of aromatic nitrogens is 5. The number of hydrogen-bond acceptors (Lipinski definition) is 7. The van der Waals surface area contributed by atoms with E-state index in [1.54, 1.807) is 10.7 Å². The minimum absolute atomic E-state index is 0.155. The van der Waals surface area contributed by atoms with Crippen molar-refractivity contribution in [3.8, 4) is 11.3 Å². The molecule has 0 N–H and O–H groups in total. The van der Waals surface area contributed by atoms with Gasteiger partial charge in [-0.3, -0.25) is 9.48 Å². The Balaban J connectivity index is 1.56. The minimum Gasteiger partial charge on any atom is -0.344 e. The molecular formula is C18H19N7OS. The first kappa shape index (κ1) is 16.4. The van der Waals surface area contributed by atoms with E-state index < -0.39 is 0 Å². The maximum absolute atomic E-state index is 12.6. The molecule has 1 aliphatic rings. The van der Waals surface area contributed by atoms with Gasteiger partial charge in [0.25, 0.3) is 5.56 Å². The van der Waals surface area contributed by atoms with Crippen LogP contribution in [0, 0.1) is 0 Å². The standard InChI is InChI=1S/C18H19N7OS/c1-22-5-7-24(8-6-22)18-21-25-16(26)10-15(19-17(25)27-18)12-3-4-14-13(9-12)11-23(2)20-14/h3-4,9-11H,5-8H2,1-2H3. The van der Waals surface area contributed by atoms with Crippen LogP contribution in [0.25, 0.3) is 27.1 Å². The Morgan fingerprint density at radius 2 is 1.85 bits per heavy atom. The average Bonchev–Trinajstić information content (AvgIpc) is 3.24. The number of benzene rings is 1. The molecule has 0 atom stereocenters. The Kier molecular flexibility index (Phi) is 3.73. The zero-order chi connectivity index (χ0) is 18.5. The molecule has 0 spiro atoms. The first-order valence-corrected chi connectivity index (χ1v) is 9.67. The quantitative estimate of drug-likeness (QED) is 0.523. The molecule has 5 rings (SSSR count). The Bertz CT molecular complexity index is 1200. The fourth-order valence-electron chi connectivity index (χ4n) is 3.38. The first-order chi connectivity index (χ1) is 13.1. The van der Waals surface area contributed by atoms with E-state index in [0.717, 1.165) is 47.8 Å². The molecule has 0 unspecified atom stereocenters. The van der Waals surface area contributed by atoms with Gasteiger partial charge in [-0.15, -0.1) is 5.10 Å². The number of nitrogens with zero attached hydrogens (tertiary/aromatic N) is 7. The second-order valence-electron chi connectivity index (χ2n) is 6.93. The number of aryl methyl sites for hydroxylation is 1. The summed E-state index contributed by atoms with van der Waals surface area (Å²) >= 11 is 1.47. The summed E-state index contributed by atoms with van der Waals surface area (Å²) in [5, 5.41) is 10.8. The van der Waals surface area contributed by atoms with E-state index in [1.165, 1.54) is 15.9 Å². The van der Waals surface area contributed by atoms with Gasteiger partial charge in [0.2, 0.25) is 10.1 Å². The second-order valence-corrected chi connectivity index (χ2v) is 7.86. The predicted octanol–water partition coefficient (Wildman–Crippen LogP) is 1.46. The molecule has 0 radical (unpaired) electrons. The Labute approximate surface area is 159 Å². The second kappa shape index (κ2) is 6.14. The molecule has 4 aromatic rings. The highest BCUT2D eigenvalue weighted by Gasteiger charge is 2.19. The Morgan fingerprint density at radius 3 is 2.67 bits per heavy atom. The van der Waals surface area contributed by atoms with E-state index in [2.05, 4.69) is 27.0 Å². The van der Waals surface area contributed by atoms with Crippen molar-refractivity contribution in [3.63, 3.8) is 0 Å². The van der Waals surface area contributed by atoms with Crippen molar-refractivity contribution in [2.45, 2.75) is 0 Å². The van der Waals surface area contributed by atoms with E-state index >= 15 is 0 Å². The minimum atomic E-state index is -0.155. The summed E-state index contributed by atoms with van der Waals surface area (Å²) in [6, 6.07) is 7.48. The number of fused-ring (bicyclic) bond motifs is 2. The van der Waals surface area contributed by atoms with Crippen molar-refractivity contribution >= 4 is 32.3 Å². The molecule has 1 aromatic carbocycles. The number of rotatable bonds is 2. The van der Waals surface area contributed by atoms with Gasteiger partial charge in [-0.05, 0) is 19.2 Å². The fraction of sp³-hybridized carbons (Fsp3) is 0.333. The van der Waals surface area contributed by atoms with E-state index in [9.17, 15) is 4.79 Å². The zero-order valence-corrected chi connectivity index (χ0v) is 16.0. The molecule has 0 amide bonds. The van der Waals surface area contributed by atoms with Crippen molar-refractivity contribution < 1.29 is 0 Å². The van der Waals surface area contributed by atoms with Crippen LogP contribution >= 0.6 is 11.3 Å². The van der Waals surface area contributed by atoms with E-state index in [1.807, 2.05) is 31.4 Å². The van der Waals surface area contributed by atoms with Crippen LogP contribution in [0.1, 0.15) is 0 Å². The van der Waals surface area contributed by atoms with Gasteiger partial charge in [-0.2, -0.15) is 9.61 Å². The summed E-state index contributed by atoms with van der Waals surface area (Å²) in [5.41, 5.74) is 2.34. The van der Waals surface area contributed by atoms with Gasteiger partial charge < -0.3 is 9.80 Å². The maximum atomic E-state index is 12.6. The summed E-state index contributed by atoms with van der Waals surface area (Å²) in [5.74, 6) is 0. The highest BCUT2D eigenvalue weighted by Crippen LogP contribution is 2.26. The maximum Gasteiger partial charge on any atom is 0.275 e. The average molecular weight is 381 g/mol. The third-order valence-corrected chi connectivity index (χ3v) is 5.89. The predicted molar refractivity (Wildman–Crippen MR) is 107 cm³/mol. The lowest BCUT2D eigenvalue weighted by Crippen LogP contribution is -2.44. The fourth-order valence-corrected chi connectivity index (χ4v) is 4.34. The molecule has 0 aliphatic carbocycles. The molecule has 1 fully saturated rings. The van der Waals surface area contributed by atoms with Crippen LogP contribution in [-0.2, 0) is 7.05 Å². The Hall–Kier alpha value is -2.78. The largest absolute Gasteiger partial charge is 0.344 e.